The first-order chi connectivity index (χ1) is 70.8. The monoisotopic (exact) mass is 1870 g/mol. The molecule has 0 fully saturated rings. The topological polar surface area (TPSA) is 30.8 Å². The molecular formula is C141H102N4O. The molecule has 0 bridgehead atoms. The van der Waals surface area contributed by atoms with Gasteiger partial charge in [-0.15, -0.1) is 0 Å². The summed E-state index contributed by atoms with van der Waals surface area (Å²) in [6.07, 6.45) is 0. The van der Waals surface area contributed by atoms with Crippen molar-refractivity contribution in [1.29, 1.82) is 0 Å². The van der Waals surface area contributed by atoms with Crippen LogP contribution in [0.25, 0.3) is 252 Å². The van der Waals surface area contributed by atoms with Gasteiger partial charge in [0.2, 0.25) is 0 Å². The van der Waals surface area contributed by atoms with Crippen LogP contribution in [0.4, 0.5) is 0 Å². The molecule has 146 heavy (non-hydrogen) atoms. The van der Waals surface area contributed by atoms with E-state index in [9.17, 15) is 0 Å². The van der Waals surface area contributed by atoms with E-state index in [0.29, 0.717) is 0 Å². The third-order valence-electron chi connectivity index (χ3n) is 37.6. The largest absolute Gasteiger partial charge is 0.455 e. The first-order valence-corrected chi connectivity index (χ1v) is 52.4. The third kappa shape index (κ3) is 9.64. The molecule has 7 aliphatic carbocycles. The molecule has 0 amide bonds. The van der Waals surface area contributed by atoms with Gasteiger partial charge in [0.25, 0.3) is 0 Å². The van der Waals surface area contributed by atoms with Crippen molar-refractivity contribution >= 4 is 174 Å². The summed E-state index contributed by atoms with van der Waals surface area (Å²) >= 11 is 0. The van der Waals surface area contributed by atoms with Gasteiger partial charge in [-0.2, -0.15) is 0 Å². The number of fused-ring (bicyclic) bond motifs is 52. The molecule has 0 spiro atoms. The zero-order valence-corrected chi connectivity index (χ0v) is 84.3. The van der Waals surface area contributed by atoms with Gasteiger partial charge in [0, 0.05) is 129 Å². The summed E-state index contributed by atoms with van der Waals surface area (Å²) in [5.74, 6) is 0. The predicted molar refractivity (Wildman–Crippen MR) is 615 cm³/mol. The number of aromatic nitrogens is 4. The molecule has 5 nitrogen and oxygen atoms in total. The molecule has 0 atom stereocenters. The Bertz CT molecular complexity index is 11100. The van der Waals surface area contributed by atoms with E-state index >= 15 is 0 Å². The van der Waals surface area contributed by atoms with E-state index in [0.717, 1.165) is 11.2 Å². The van der Waals surface area contributed by atoms with Gasteiger partial charge in [-0.05, 0) is 259 Å². The van der Waals surface area contributed by atoms with Crippen LogP contribution in [0.3, 0.4) is 0 Å². The fraction of sp³-hybridized carbons (Fsp3) is 0.149. The van der Waals surface area contributed by atoms with E-state index in [1.807, 2.05) is 0 Å². The third-order valence-corrected chi connectivity index (χ3v) is 37.6. The van der Waals surface area contributed by atoms with Crippen molar-refractivity contribution in [1.82, 2.24) is 17.6 Å². The molecule has 0 radical (unpaired) electrons. The van der Waals surface area contributed by atoms with Crippen molar-refractivity contribution in [3.05, 3.63) is 442 Å². The van der Waals surface area contributed by atoms with Crippen LogP contribution < -0.4 is 0 Å². The zero-order chi connectivity index (χ0) is 97.6. The summed E-state index contributed by atoms with van der Waals surface area (Å²) in [5, 5.41) is 24.0. The predicted octanol–water partition coefficient (Wildman–Crippen LogP) is 37.4. The number of furan rings is 1. The quantitative estimate of drug-likeness (QED) is 0.149. The number of hydrogen-bond acceptors (Lipinski definition) is 1. The van der Waals surface area contributed by atoms with Gasteiger partial charge in [0.1, 0.15) is 11.2 Å². The van der Waals surface area contributed by atoms with E-state index in [4.69, 9.17) is 4.42 Å². The molecule has 29 aromatic rings. The molecule has 20 aromatic carbocycles. The fourth-order valence-electron chi connectivity index (χ4n) is 30.8. The summed E-state index contributed by atoms with van der Waals surface area (Å²) in [7, 11) is 0. The normalized spacial score (nSPS) is 16.1. The minimum absolute atomic E-state index is 0.0134. The highest BCUT2D eigenvalue weighted by Gasteiger charge is 2.47. The second kappa shape index (κ2) is 26.9. The van der Waals surface area contributed by atoms with Crippen LogP contribution in [0, 0.1) is 0 Å². The van der Waals surface area contributed by atoms with E-state index in [1.165, 1.54) is 319 Å². The highest BCUT2D eigenvalue weighted by molar-refractivity contribution is 6.36. The molecule has 0 unspecified atom stereocenters. The smallest absolute Gasteiger partial charge is 0.145 e. The molecule has 9 heterocycles. The Hall–Kier alpha value is -16.6. The molecule has 692 valence electrons. The number of rotatable bonds is 0. The van der Waals surface area contributed by atoms with Crippen molar-refractivity contribution in [2.75, 3.05) is 0 Å². The second-order valence-electron chi connectivity index (χ2n) is 47.1. The fourth-order valence-corrected chi connectivity index (χ4v) is 30.8. The Morgan fingerprint density at radius 2 is 0.418 bits per heavy atom. The van der Waals surface area contributed by atoms with Crippen LogP contribution in [0.15, 0.2) is 368 Å². The SMILES string of the molecule is CC1(C)c2ccccc2-c2cc3c4c5c(cc6c7ccccc7n(c3cc21)c64)-c1ccccc1C5(C)C.CC1(C)c2ccccc2-c2cc3c4c5c(cc6c7ccccc7n(c3cc21)c64)C(C)(C)c1ccccc1-5.CC1(C)c2ccccc2-c2cc3c4cc5c(c6c7ccccc7n(c3cc21)c46)-c1ccccc1C5(C)C.CC1(C)c2ccccc2-c2cc3c4cc5c6ccccc6oc5c5c6ccccc6n(c3cc21)c45. The Kier molecular flexibility index (Phi) is 15.1. The van der Waals surface area contributed by atoms with E-state index in [-0.39, 0.29) is 37.9 Å². The van der Waals surface area contributed by atoms with Crippen LogP contribution in [-0.4, -0.2) is 17.6 Å². The van der Waals surface area contributed by atoms with Gasteiger partial charge < -0.3 is 22.0 Å². The van der Waals surface area contributed by atoms with Gasteiger partial charge >= 0.3 is 0 Å². The number of benzene rings is 20. The average molecular weight is 1870 g/mol. The Morgan fingerprint density at radius 3 is 0.836 bits per heavy atom. The highest BCUT2D eigenvalue weighted by Crippen LogP contribution is 2.65. The number of nitrogens with zero attached hydrogens (tertiary/aromatic N) is 4. The molecule has 36 rings (SSSR count). The van der Waals surface area contributed by atoms with Gasteiger partial charge in [-0.3, -0.25) is 0 Å². The van der Waals surface area contributed by atoms with Gasteiger partial charge in [-0.1, -0.05) is 358 Å². The summed E-state index contributed by atoms with van der Waals surface area (Å²) in [5.41, 5.74) is 57.2. The molecular weight excluding hydrogens is 1770 g/mol. The molecule has 7 aliphatic rings. The number of hydrogen-bond donors (Lipinski definition) is 0. The lowest BCUT2D eigenvalue weighted by Gasteiger charge is -2.23. The van der Waals surface area contributed by atoms with E-state index in [2.05, 4.69) is 479 Å². The minimum Gasteiger partial charge on any atom is -0.455 e. The van der Waals surface area contributed by atoms with E-state index in [1.54, 1.807) is 0 Å². The lowest BCUT2D eigenvalue weighted by molar-refractivity contribution is 0.661. The molecule has 0 aliphatic heterocycles. The maximum absolute atomic E-state index is 6.51. The van der Waals surface area contributed by atoms with Crippen LogP contribution >= 0.6 is 0 Å². The Labute approximate surface area is 844 Å². The first-order valence-electron chi connectivity index (χ1n) is 52.4. The van der Waals surface area contributed by atoms with Crippen molar-refractivity contribution in [3.63, 3.8) is 0 Å². The van der Waals surface area contributed by atoms with Crippen molar-refractivity contribution in [2.24, 2.45) is 0 Å². The Morgan fingerprint density at radius 1 is 0.158 bits per heavy atom. The maximum Gasteiger partial charge on any atom is 0.145 e. The number of para-hydroxylation sites is 5. The van der Waals surface area contributed by atoms with Crippen LogP contribution in [0.1, 0.15) is 175 Å². The summed E-state index contributed by atoms with van der Waals surface area (Å²) in [6, 6.07) is 137. The minimum atomic E-state index is -0.0610. The summed E-state index contributed by atoms with van der Waals surface area (Å²) < 4.78 is 16.7. The maximum atomic E-state index is 6.51. The van der Waals surface area contributed by atoms with Gasteiger partial charge in [0.05, 0.1) is 71.6 Å². The second-order valence-corrected chi connectivity index (χ2v) is 47.1. The van der Waals surface area contributed by atoms with Gasteiger partial charge in [-0.25, -0.2) is 0 Å². The Balaban J connectivity index is 0.0000000851. The van der Waals surface area contributed by atoms with Crippen LogP contribution in [0.5, 0.6) is 0 Å². The van der Waals surface area contributed by atoms with E-state index < -0.39 is 0 Å². The molecule has 9 aromatic heterocycles. The summed E-state index contributed by atoms with van der Waals surface area (Å²) in [4.78, 5) is 0. The van der Waals surface area contributed by atoms with Crippen molar-refractivity contribution < 1.29 is 4.42 Å². The van der Waals surface area contributed by atoms with Crippen molar-refractivity contribution in [3.8, 4) is 77.9 Å². The molecule has 0 N–H and O–H groups in total. The van der Waals surface area contributed by atoms with Crippen LogP contribution in [-0.2, 0) is 37.9 Å². The average Bonchev–Trinajstić information content (AvgIpc) is 1.52. The van der Waals surface area contributed by atoms with Gasteiger partial charge in [0.15, 0.2) is 0 Å². The zero-order valence-electron chi connectivity index (χ0n) is 84.3. The molecule has 5 heteroatoms. The van der Waals surface area contributed by atoms with Crippen LogP contribution in [0.2, 0.25) is 0 Å². The first kappa shape index (κ1) is 81.9. The molecule has 0 saturated carbocycles. The van der Waals surface area contributed by atoms with Crippen molar-refractivity contribution in [2.45, 2.75) is 135 Å². The standard InChI is InChI=1S/3C36H27N.C33H21NO/c1-35(2)26-14-8-5-11-20(26)23-17-25-31(19-28(23)35)37-30-16-10-7-12-21(30)24-18-29-32(33(25)34(24)37)22-13-6-9-15-27(22)36(29,3)4;1-35(2)27-14-8-5-11-20(27)23-17-26-31(19-29(23)35)37-30-16-10-7-13-22(30)25-18-24-21-12-6-9-15-28(21)36(3,4)33(24)32(26)34(25)37;1-35(2)26-14-8-5-11-20(26)23-17-24-25-18-29-32(21-12-6-9-15-27(21)36(29,3)4)33-22-13-7-10-16-30(22)37(34(25)33)31(24)19-28(23)35;1-33(2)25-12-6-3-9-18(25)21-15-22-23-16-24-19-10-5-8-14-29(19)35-32(24)30-20-11-4-7-13-27(20)34(31(23)30)28(22)17-26(21)33/h3*5-19H,1-4H3;3-17H,1-2H3. The molecule has 0 saturated heterocycles. The lowest BCUT2D eigenvalue weighted by atomic mass is 9.79. The highest BCUT2D eigenvalue weighted by atomic mass is 16.3. The lowest BCUT2D eigenvalue weighted by Crippen LogP contribution is -2.15. The summed E-state index contributed by atoms with van der Waals surface area (Å²) in [6.45, 7) is 33.4.